The van der Waals surface area contributed by atoms with Gasteiger partial charge in [0.15, 0.2) is 0 Å². The summed E-state index contributed by atoms with van der Waals surface area (Å²) in [4.78, 5) is 2.60. The molecule has 1 aliphatic heterocycles. The molecule has 1 fully saturated rings. The van der Waals surface area contributed by atoms with Crippen molar-refractivity contribution in [1.82, 2.24) is 9.21 Å². The molecule has 1 aromatic rings. The standard InChI is InChI=1S/C17H23N3O2S/c1-14(12-18)13-19-7-9-20(10-8-19)23(21,22)17-6-5-15-3-2-4-16(15)11-17/h5-6,11,14H,2-4,7-10,13H2,1H3/t14-/m0/s1. The molecule has 2 aliphatic rings. The largest absolute Gasteiger partial charge is 0.299 e. The van der Waals surface area contributed by atoms with E-state index in [1.165, 1.54) is 11.1 Å². The topological polar surface area (TPSA) is 64.4 Å². The average Bonchev–Trinajstić information content (AvgIpc) is 3.02. The molecule has 1 atom stereocenters. The van der Waals surface area contributed by atoms with Crippen LogP contribution in [0.15, 0.2) is 23.1 Å². The third-order valence-corrected chi connectivity index (χ3v) is 6.69. The predicted molar refractivity (Wildman–Crippen MR) is 88.4 cm³/mol. The Kier molecular flexibility index (Phi) is 4.72. The van der Waals surface area contributed by atoms with Gasteiger partial charge in [-0.15, -0.1) is 0 Å². The van der Waals surface area contributed by atoms with Crippen molar-refractivity contribution in [3.63, 3.8) is 0 Å². The third-order valence-electron chi connectivity index (χ3n) is 4.79. The summed E-state index contributed by atoms with van der Waals surface area (Å²) in [6, 6.07) is 7.82. The normalized spacial score (nSPS) is 20.9. The van der Waals surface area contributed by atoms with Crippen LogP contribution < -0.4 is 0 Å². The maximum Gasteiger partial charge on any atom is 0.243 e. The lowest BCUT2D eigenvalue weighted by Gasteiger charge is -2.34. The van der Waals surface area contributed by atoms with Crippen molar-refractivity contribution in [1.29, 1.82) is 5.26 Å². The molecule has 0 radical (unpaired) electrons. The number of benzene rings is 1. The van der Waals surface area contributed by atoms with Crippen molar-refractivity contribution in [3.05, 3.63) is 29.3 Å². The highest BCUT2D eigenvalue weighted by atomic mass is 32.2. The molecular formula is C17H23N3O2S. The Morgan fingerprint density at radius 2 is 1.87 bits per heavy atom. The Hall–Kier alpha value is -1.42. The van der Waals surface area contributed by atoms with Gasteiger partial charge in [-0.1, -0.05) is 6.07 Å². The lowest BCUT2D eigenvalue weighted by Crippen LogP contribution is -2.49. The minimum absolute atomic E-state index is 0.0186. The maximum absolute atomic E-state index is 12.8. The van der Waals surface area contributed by atoms with Crippen LogP contribution in [0.25, 0.3) is 0 Å². The van der Waals surface area contributed by atoms with Gasteiger partial charge in [-0.2, -0.15) is 9.57 Å². The van der Waals surface area contributed by atoms with E-state index in [0.29, 0.717) is 37.6 Å². The third kappa shape index (κ3) is 3.42. The highest BCUT2D eigenvalue weighted by Crippen LogP contribution is 2.26. The number of nitriles is 1. The number of nitrogens with zero attached hydrogens (tertiary/aromatic N) is 3. The SMILES string of the molecule is C[C@@H](C#N)CN1CCN(S(=O)(=O)c2ccc3c(c2)CCC3)CC1. The van der Waals surface area contributed by atoms with E-state index in [1.54, 1.807) is 10.4 Å². The fraction of sp³-hybridized carbons (Fsp3) is 0.588. The zero-order valence-corrected chi connectivity index (χ0v) is 14.3. The molecule has 0 amide bonds. The number of hydrogen-bond acceptors (Lipinski definition) is 4. The summed E-state index contributed by atoms with van der Waals surface area (Å²) in [7, 11) is -3.40. The highest BCUT2D eigenvalue weighted by Gasteiger charge is 2.29. The van der Waals surface area contributed by atoms with Gasteiger partial charge in [0.05, 0.1) is 16.9 Å². The van der Waals surface area contributed by atoms with E-state index in [0.717, 1.165) is 19.3 Å². The van der Waals surface area contributed by atoms with Gasteiger partial charge in [0.25, 0.3) is 0 Å². The van der Waals surface area contributed by atoms with Gasteiger partial charge < -0.3 is 0 Å². The van der Waals surface area contributed by atoms with Gasteiger partial charge in [-0.25, -0.2) is 8.42 Å². The summed E-state index contributed by atoms with van der Waals surface area (Å²) in [5.74, 6) is -0.0186. The second-order valence-corrected chi connectivity index (χ2v) is 8.46. The lowest BCUT2D eigenvalue weighted by atomic mass is 10.1. The van der Waals surface area contributed by atoms with Crippen LogP contribution in [-0.4, -0.2) is 50.3 Å². The fourth-order valence-corrected chi connectivity index (χ4v) is 4.91. The van der Waals surface area contributed by atoms with Crippen molar-refractivity contribution < 1.29 is 8.42 Å². The Morgan fingerprint density at radius 1 is 1.17 bits per heavy atom. The molecule has 0 spiro atoms. The van der Waals surface area contributed by atoms with E-state index in [1.807, 2.05) is 19.1 Å². The fourth-order valence-electron chi connectivity index (χ4n) is 3.44. The van der Waals surface area contributed by atoms with Crippen LogP contribution in [0.2, 0.25) is 0 Å². The minimum Gasteiger partial charge on any atom is -0.299 e. The van der Waals surface area contributed by atoms with Crippen LogP contribution in [0.1, 0.15) is 24.5 Å². The van der Waals surface area contributed by atoms with E-state index in [2.05, 4.69) is 11.0 Å². The molecule has 6 heteroatoms. The molecule has 0 aromatic heterocycles. The van der Waals surface area contributed by atoms with E-state index in [9.17, 15) is 8.42 Å². The zero-order chi connectivity index (χ0) is 16.4. The molecule has 1 aromatic carbocycles. The molecule has 23 heavy (non-hydrogen) atoms. The van der Waals surface area contributed by atoms with E-state index >= 15 is 0 Å². The Labute approximate surface area is 138 Å². The summed E-state index contributed by atoms with van der Waals surface area (Å²) in [6.45, 7) is 4.98. The van der Waals surface area contributed by atoms with Crippen LogP contribution in [0.3, 0.4) is 0 Å². The second kappa shape index (κ2) is 6.60. The number of rotatable bonds is 4. The van der Waals surface area contributed by atoms with Crippen molar-refractivity contribution in [2.75, 3.05) is 32.7 Å². The van der Waals surface area contributed by atoms with Gasteiger partial charge in [0.1, 0.15) is 0 Å². The van der Waals surface area contributed by atoms with Gasteiger partial charge in [0, 0.05) is 32.7 Å². The first kappa shape index (κ1) is 16.4. The number of piperazine rings is 1. The van der Waals surface area contributed by atoms with Crippen LogP contribution in [0.4, 0.5) is 0 Å². The zero-order valence-electron chi connectivity index (χ0n) is 13.5. The van der Waals surface area contributed by atoms with Crippen molar-refractivity contribution in [2.45, 2.75) is 31.1 Å². The van der Waals surface area contributed by atoms with Gasteiger partial charge in [-0.05, 0) is 49.4 Å². The molecule has 1 heterocycles. The van der Waals surface area contributed by atoms with E-state index < -0.39 is 10.0 Å². The van der Waals surface area contributed by atoms with E-state index in [4.69, 9.17) is 5.26 Å². The number of aryl methyl sites for hydroxylation is 2. The number of sulfonamides is 1. The molecule has 5 nitrogen and oxygen atoms in total. The first-order valence-corrected chi connectivity index (χ1v) is 9.68. The van der Waals surface area contributed by atoms with Crippen LogP contribution in [0, 0.1) is 17.2 Å². The van der Waals surface area contributed by atoms with Gasteiger partial charge in [-0.3, -0.25) is 4.90 Å². The van der Waals surface area contributed by atoms with Crippen molar-refractivity contribution in [3.8, 4) is 6.07 Å². The van der Waals surface area contributed by atoms with Crippen LogP contribution in [-0.2, 0) is 22.9 Å². The summed E-state index contributed by atoms with van der Waals surface area (Å²) in [6.07, 6.45) is 3.17. The smallest absolute Gasteiger partial charge is 0.243 e. The van der Waals surface area contributed by atoms with Crippen LogP contribution >= 0.6 is 0 Å². The number of fused-ring (bicyclic) bond motifs is 1. The molecule has 3 rings (SSSR count). The second-order valence-electron chi connectivity index (χ2n) is 6.52. The Balaban J connectivity index is 1.69. The summed E-state index contributed by atoms with van der Waals surface area (Å²) >= 11 is 0. The van der Waals surface area contributed by atoms with Crippen molar-refractivity contribution in [2.24, 2.45) is 5.92 Å². The molecule has 0 saturated carbocycles. The van der Waals surface area contributed by atoms with E-state index in [-0.39, 0.29) is 5.92 Å². The maximum atomic E-state index is 12.8. The molecule has 0 bridgehead atoms. The monoisotopic (exact) mass is 333 g/mol. The summed E-state index contributed by atoms with van der Waals surface area (Å²) in [5, 5.41) is 8.89. The first-order valence-electron chi connectivity index (χ1n) is 8.24. The molecule has 0 N–H and O–H groups in total. The van der Waals surface area contributed by atoms with Gasteiger partial charge >= 0.3 is 0 Å². The van der Waals surface area contributed by atoms with Crippen molar-refractivity contribution >= 4 is 10.0 Å². The Bertz CT molecular complexity index is 716. The van der Waals surface area contributed by atoms with Gasteiger partial charge in [0.2, 0.25) is 10.0 Å². The Morgan fingerprint density at radius 3 is 2.57 bits per heavy atom. The molecule has 0 unspecified atom stereocenters. The molecule has 1 saturated heterocycles. The minimum atomic E-state index is -3.40. The lowest BCUT2D eigenvalue weighted by molar-refractivity contribution is 0.178. The predicted octanol–water partition coefficient (Wildman–Crippen LogP) is 1.64. The molecule has 1 aliphatic carbocycles. The summed E-state index contributed by atoms with van der Waals surface area (Å²) in [5.41, 5.74) is 2.48. The number of hydrogen-bond donors (Lipinski definition) is 0. The average molecular weight is 333 g/mol. The highest BCUT2D eigenvalue weighted by molar-refractivity contribution is 7.89. The quantitative estimate of drug-likeness (QED) is 0.840. The van der Waals surface area contributed by atoms with Crippen LogP contribution in [0.5, 0.6) is 0 Å². The molecule has 124 valence electrons. The first-order chi connectivity index (χ1) is 11.0. The molecular weight excluding hydrogens is 310 g/mol. The summed E-state index contributed by atoms with van der Waals surface area (Å²) < 4.78 is 27.2.